The van der Waals surface area contributed by atoms with Crippen molar-refractivity contribution in [3.8, 4) is 5.69 Å². The van der Waals surface area contributed by atoms with Crippen LogP contribution in [0.4, 0.5) is 0 Å². The first kappa shape index (κ1) is 13.5. The lowest BCUT2D eigenvalue weighted by Gasteiger charge is -2.06. The summed E-state index contributed by atoms with van der Waals surface area (Å²) in [6, 6.07) is 7.28. The zero-order valence-corrected chi connectivity index (χ0v) is 11.8. The number of H-pyrrole nitrogens is 1. The van der Waals surface area contributed by atoms with E-state index in [0.29, 0.717) is 17.9 Å². The Bertz CT molecular complexity index is 630. The van der Waals surface area contributed by atoms with Crippen LogP contribution in [0.2, 0.25) is 0 Å². The van der Waals surface area contributed by atoms with Crippen LogP contribution >= 0.6 is 15.9 Å². The lowest BCUT2D eigenvalue weighted by molar-refractivity contribution is -0.140. The second kappa shape index (κ2) is 5.83. The molecule has 19 heavy (non-hydrogen) atoms. The molecule has 0 radical (unpaired) electrons. The summed E-state index contributed by atoms with van der Waals surface area (Å²) in [6.07, 6.45) is 0.369. The van der Waals surface area contributed by atoms with Crippen molar-refractivity contribution in [3.63, 3.8) is 0 Å². The number of benzene rings is 1. The van der Waals surface area contributed by atoms with E-state index in [9.17, 15) is 9.59 Å². The summed E-state index contributed by atoms with van der Waals surface area (Å²) in [5.41, 5.74) is 0.389. The van der Waals surface area contributed by atoms with Crippen LogP contribution < -0.4 is 5.69 Å². The van der Waals surface area contributed by atoms with Crippen molar-refractivity contribution >= 4 is 21.9 Å². The number of aromatic amines is 1. The average molecular weight is 326 g/mol. The third-order valence-electron chi connectivity index (χ3n) is 2.46. The Hall–Kier alpha value is -1.89. The van der Waals surface area contributed by atoms with Gasteiger partial charge in [-0.2, -0.15) is 5.10 Å². The fourth-order valence-electron chi connectivity index (χ4n) is 1.64. The number of nitrogens with one attached hydrogen (secondary N) is 1. The number of hydrogen-bond donors (Lipinski definition) is 1. The molecule has 0 bridgehead atoms. The van der Waals surface area contributed by atoms with Crippen LogP contribution in [-0.4, -0.2) is 27.3 Å². The number of rotatable bonds is 4. The zero-order valence-electron chi connectivity index (χ0n) is 10.2. The Kier molecular flexibility index (Phi) is 4.16. The third-order valence-corrected chi connectivity index (χ3v) is 2.99. The molecule has 2 rings (SSSR count). The number of carbonyl (C=O) groups excluding carboxylic acids is 1. The highest BCUT2D eigenvalue weighted by Gasteiger charge is 2.10. The second-order valence-corrected chi connectivity index (χ2v) is 4.76. The number of carbonyl (C=O) groups is 1. The summed E-state index contributed by atoms with van der Waals surface area (Å²) in [5, 5.41) is 6.33. The van der Waals surface area contributed by atoms with Gasteiger partial charge in [0.2, 0.25) is 0 Å². The average Bonchev–Trinajstić information content (AvgIpc) is 2.72. The first-order chi connectivity index (χ1) is 9.08. The molecule has 1 heterocycles. The van der Waals surface area contributed by atoms with Crippen molar-refractivity contribution in [3.05, 3.63) is 45.0 Å². The topological polar surface area (TPSA) is 77.0 Å². The van der Waals surface area contributed by atoms with Crippen LogP contribution in [0.3, 0.4) is 0 Å². The number of aromatic nitrogens is 3. The molecule has 1 aromatic carbocycles. The molecule has 0 aliphatic heterocycles. The molecular formula is C12H12BrN3O3. The van der Waals surface area contributed by atoms with E-state index in [1.165, 1.54) is 11.5 Å². The summed E-state index contributed by atoms with van der Waals surface area (Å²) in [7, 11) is 0. The van der Waals surface area contributed by atoms with Gasteiger partial charge in [0.25, 0.3) is 0 Å². The molecule has 1 N–H and O–H groups in total. The molecule has 0 aliphatic rings. The molecule has 0 saturated heterocycles. The van der Waals surface area contributed by atoms with Crippen molar-refractivity contribution in [2.45, 2.75) is 13.3 Å². The Morgan fingerprint density at radius 3 is 2.74 bits per heavy atom. The van der Waals surface area contributed by atoms with E-state index in [0.717, 1.165) is 4.47 Å². The van der Waals surface area contributed by atoms with Gasteiger partial charge in [0.05, 0.1) is 12.3 Å². The summed E-state index contributed by atoms with van der Waals surface area (Å²) >= 11 is 3.34. The van der Waals surface area contributed by atoms with Crippen molar-refractivity contribution in [1.29, 1.82) is 0 Å². The summed E-state index contributed by atoms with van der Waals surface area (Å²) in [5.74, 6) is 0.168. The van der Waals surface area contributed by atoms with Gasteiger partial charge >= 0.3 is 11.7 Å². The molecular weight excluding hydrogens is 314 g/mol. The van der Waals surface area contributed by atoms with Gasteiger partial charge < -0.3 is 4.74 Å². The lowest BCUT2D eigenvalue weighted by Crippen LogP contribution is -2.18. The van der Waals surface area contributed by atoms with Crippen LogP contribution in [0.15, 0.2) is 33.5 Å². The molecule has 0 saturated carbocycles. The highest BCUT2D eigenvalue weighted by molar-refractivity contribution is 9.10. The van der Waals surface area contributed by atoms with E-state index < -0.39 is 0 Å². The fourth-order valence-corrected chi connectivity index (χ4v) is 1.90. The molecule has 2 aromatic rings. The first-order valence-corrected chi connectivity index (χ1v) is 6.43. The Labute approximate surface area is 117 Å². The number of nitrogens with zero attached hydrogens (tertiary/aromatic N) is 2. The molecule has 0 fully saturated rings. The van der Waals surface area contributed by atoms with Gasteiger partial charge in [0.1, 0.15) is 5.82 Å². The number of hydrogen-bond acceptors (Lipinski definition) is 4. The van der Waals surface area contributed by atoms with E-state index >= 15 is 0 Å². The number of halogens is 1. The van der Waals surface area contributed by atoms with Crippen LogP contribution in [0.5, 0.6) is 0 Å². The van der Waals surface area contributed by atoms with E-state index in [4.69, 9.17) is 4.74 Å². The maximum Gasteiger partial charge on any atom is 0.347 e. The molecule has 0 aliphatic carbocycles. The highest BCUT2D eigenvalue weighted by Crippen LogP contribution is 2.13. The van der Waals surface area contributed by atoms with E-state index in [-0.39, 0.29) is 18.3 Å². The Morgan fingerprint density at radius 2 is 2.11 bits per heavy atom. The molecule has 6 nitrogen and oxygen atoms in total. The third kappa shape index (κ3) is 3.31. The molecule has 0 unspecified atom stereocenters. The quantitative estimate of drug-likeness (QED) is 0.863. The van der Waals surface area contributed by atoms with E-state index in [2.05, 4.69) is 26.1 Å². The normalized spacial score (nSPS) is 10.4. The molecule has 0 atom stereocenters. The first-order valence-electron chi connectivity index (χ1n) is 5.63. The van der Waals surface area contributed by atoms with Crippen LogP contribution in [0.1, 0.15) is 12.7 Å². The number of ether oxygens (including phenoxy) is 1. The minimum Gasteiger partial charge on any atom is -0.465 e. The fraction of sp³-hybridized carbons (Fsp3) is 0.250. The summed E-state index contributed by atoms with van der Waals surface area (Å²) in [4.78, 5) is 22.5. The predicted octanol–water partition coefficient (Wildman–Crippen LogP) is 1.43. The minimum atomic E-state index is -0.354. The molecule has 100 valence electrons. The van der Waals surface area contributed by atoms with Gasteiger partial charge in [0.15, 0.2) is 0 Å². The largest absolute Gasteiger partial charge is 0.465 e. The van der Waals surface area contributed by atoms with Gasteiger partial charge in [-0.05, 0) is 24.3 Å². The van der Waals surface area contributed by atoms with Crippen LogP contribution in [-0.2, 0) is 16.0 Å². The monoisotopic (exact) mass is 325 g/mol. The van der Waals surface area contributed by atoms with Gasteiger partial charge in [-0.1, -0.05) is 15.9 Å². The maximum absolute atomic E-state index is 11.7. The van der Waals surface area contributed by atoms with Crippen molar-refractivity contribution in [1.82, 2.24) is 14.8 Å². The summed E-state index contributed by atoms with van der Waals surface area (Å²) in [6.45, 7) is 1.53. The second-order valence-electron chi connectivity index (χ2n) is 3.85. The Morgan fingerprint density at radius 1 is 1.42 bits per heavy atom. The SMILES string of the molecule is CC(=O)OCCc1n[nH]c(=O)n1-c1ccc(Br)cc1. The van der Waals surface area contributed by atoms with Gasteiger partial charge in [0, 0.05) is 17.8 Å². The van der Waals surface area contributed by atoms with Crippen molar-refractivity contribution in [2.24, 2.45) is 0 Å². The Balaban J connectivity index is 2.25. The van der Waals surface area contributed by atoms with Crippen molar-refractivity contribution in [2.75, 3.05) is 6.61 Å². The highest BCUT2D eigenvalue weighted by atomic mass is 79.9. The van der Waals surface area contributed by atoms with Crippen molar-refractivity contribution < 1.29 is 9.53 Å². The lowest BCUT2D eigenvalue weighted by atomic mass is 10.3. The van der Waals surface area contributed by atoms with Gasteiger partial charge in [-0.15, -0.1) is 0 Å². The maximum atomic E-state index is 11.7. The molecule has 1 aromatic heterocycles. The van der Waals surface area contributed by atoms with Crippen LogP contribution in [0, 0.1) is 0 Å². The molecule has 7 heteroatoms. The zero-order chi connectivity index (χ0) is 13.8. The van der Waals surface area contributed by atoms with Crippen LogP contribution in [0.25, 0.3) is 5.69 Å². The predicted molar refractivity (Wildman–Crippen MR) is 72.2 cm³/mol. The summed E-state index contributed by atoms with van der Waals surface area (Å²) < 4.78 is 7.23. The smallest absolute Gasteiger partial charge is 0.347 e. The molecule has 0 spiro atoms. The minimum absolute atomic E-state index is 0.191. The van der Waals surface area contributed by atoms with Gasteiger partial charge in [-0.25, -0.2) is 14.5 Å². The van der Waals surface area contributed by atoms with E-state index in [1.54, 1.807) is 12.1 Å². The number of esters is 1. The van der Waals surface area contributed by atoms with E-state index in [1.807, 2.05) is 12.1 Å². The van der Waals surface area contributed by atoms with Gasteiger partial charge in [-0.3, -0.25) is 4.79 Å². The molecule has 0 amide bonds. The standard InChI is InChI=1S/C12H12BrN3O3/c1-8(17)19-7-6-11-14-15-12(18)16(11)10-4-2-9(13)3-5-10/h2-5H,6-7H2,1H3,(H,15,18).